The predicted molar refractivity (Wildman–Crippen MR) is 168 cm³/mol. The van der Waals surface area contributed by atoms with Crippen molar-refractivity contribution < 1.29 is 23.9 Å². The quantitative estimate of drug-likeness (QED) is 0.289. The topological polar surface area (TPSA) is 97.0 Å². The van der Waals surface area contributed by atoms with Gasteiger partial charge in [-0.05, 0) is 109 Å². The summed E-state index contributed by atoms with van der Waals surface area (Å²) in [5, 5.41) is 5.83. The molecule has 0 aliphatic rings. The second-order valence-electron chi connectivity index (χ2n) is 11.8. The fourth-order valence-electron chi connectivity index (χ4n) is 4.39. The van der Waals surface area contributed by atoms with Crippen molar-refractivity contribution in [2.75, 3.05) is 24.4 Å². The minimum Gasteiger partial charge on any atom is -0.497 e. The van der Waals surface area contributed by atoms with E-state index in [9.17, 15) is 14.4 Å². The first-order valence-corrected chi connectivity index (χ1v) is 15.4. The predicted octanol–water partition coefficient (Wildman–Crippen LogP) is 6.66. The number of carbonyl (C=O) groups excluding carboxylic acids is 3. The molecule has 9 heteroatoms. The minimum absolute atomic E-state index is 0.340. The van der Waals surface area contributed by atoms with Crippen molar-refractivity contribution in [1.29, 1.82) is 0 Å². The number of aryl methyl sites for hydroxylation is 2. The molecule has 3 amide bonds. The third kappa shape index (κ3) is 9.69. The summed E-state index contributed by atoms with van der Waals surface area (Å²) in [5.41, 5.74) is 1.71. The van der Waals surface area contributed by atoms with Crippen LogP contribution in [0, 0.1) is 13.8 Å². The number of nitrogens with one attached hydrogen (secondary N) is 2. The average Bonchev–Trinajstić information content (AvgIpc) is 2.90. The van der Waals surface area contributed by atoms with Gasteiger partial charge in [0.1, 0.15) is 23.4 Å². The fourth-order valence-corrected chi connectivity index (χ4v) is 4.86. The second-order valence-corrected chi connectivity index (χ2v) is 12.8. The van der Waals surface area contributed by atoms with E-state index >= 15 is 0 Å². The van der Waals surface area contributed by atoms with E-state index in [0.29, 0.717) is 30.0 Å². The number of carbonyl (C=O) groups is 3. The Kier molecular flexibility index (Phi) is 12.1. The maximum atomic E-state index is 14.6. The molecule has 0 heterocycles. The molecule has 0 aliphatic carbocycles. The van der Waals surface area contributed by atoms with Crippen molar-refractivity contribution in [1.82, 2.24) is 10.2 Å². The van der Waals surface area contributed by atoms with Crippen molar-refractivity contribution in [3.8, 4) is 5.75 Å². The van der Waals surface area contributed by atoms with Crippen LogP contribution in [0.25, 0.3) is 0 Å². The van der Waals surface area contributed by atoms with Gasteiger partial charge in [0.15, 0.2) is 0 Å². The molecular weight excluding hydrogens is 538 g/mol. The van der Waals surface area contributed by atoms with Gasteiger partial charge < -0.3 is 25.0 Å². The number of methoxy groups -OCH3 is 1. The first-order chi connectivity index (χ1) is 19.1. The van der Waals surface area contributed by atoms with Gasteiger partial charge in [-0.1, -0.05) is 30.7 Å². The smallest absolute Gasteiger partial charge is 0.408 e. The van der Waals surface area contributed by atoms with E-state index in [0.717, 1.165) is 16.7 Å². The molecule has 226 valence electrons. The summed E-state index contributed by atoms with van der Waals surface area (Å²) in [6.07, 6.45) is 2.24. The molecule has 2 aromatic carbocycles. The molecule has 0 saturated heterocycles. The normalized spacial score (nSPS) is 13.1. The third-order valence-electron chi connectivity index (χ3n) is 6.95. The van der Waals surface area contributed by atoms with E-state index in [2.05, 4.69) is 10.6 Å². The van der Waals surface area contributed by atoms with Crippen molar-refractivity contribution in [2.45, 2.75) is 91.5 Å². The Hall–Kier alpha value is -3.20. The van der Waals surface area contributed by atoms with E-state index in [1.165, 1.54) is 0 Å². The maximum Gasteiger partial charge on any atom is 0.408 e. The van der Waals surface area contributed by atoms with E-state index in [-0.39, 0.29) is 11.8 Å². The molecule has 0 aromatic heterocycles. The lowest BCUT2D eigenvalue weighted by molar-refractivity contribution is -0.147. The van der Waals surface area contributed by atoms with Crippen LogP contribution in [-0.4, -0.2) is 59.1 Å². The summed E-state index contributed by atoms with van der Waals surface area (Å²) in [6, 6.07) is 11.1. The van der Waals surface area contributed by atoms with E-state index in [4.69, 9.17) is 9.47 Å². The number of hydrogen-bond donors (Lipinski definition) is 2. The van der Waals surface area contributed by atoms with E-state index in [1.807, 2.05) is 59.1 Å². The molecule has 2 atom stereocenters. The molecule has 0 saturated carbocycles. The monoisotopic (exact) mass is 585 g/mol. The summed E-state index contributed by atoms with van der Waals surface area (Å²) in [7, 11) is 1.58. The van der Waals surface area contributed by atoms with Gasteiger partial charge in [-0.3, -0.25) is 9.59 Å². The number of amides is 3. The molecule has 2 N–H and O–H groups in total. The number of hydrogen-bond acceptors (Lipinski definition) is 6. The van der Waals surface area contributed by atoms with Crippen molar-refractivity contribution >= 4 is 35.4 Å². The van der Waals surface area contributed by atoms with Gasteiger partial charge in [0.05, 0.1) is 7.11 Å². The van der Waals surface area contributed by atoms with Gasteiger partial charge in [-0.25, -0.2) is 4.79 Å². The third-order valence-corrected chi connectivity index (χ3v) is 7.59. The van der Waals surface area contributed by atoms with Crippen LogP contribution >= 0.6 is 11.8 Å². The standard InChI is InChI=1S/C32H47N3O5S/c1-11-32(7,8)35(29(37)26(18-19-41-10)34-30(38)40-31(4,5)6)27(25-20-21(2)12-13-22(25)3)28(36)33-23-14-16-24(39-9)17-15-23/h12-17,20,26-27H,11,18-19H2,1-10H3,(H,33,36)(H,34,38). The lowest BCUT2D eigenvalue weighted by atomic mass is 9.89. The second kappa shape index (κ2) is 14.6. The Bertz CT molecular complexity index is 1190. The van der Waals surface area contributed by atoms with E-state index < -0.39 is 29.3 Å². The zero-order chi connectivity index (χ0) is 31.0. The number of thioether (sulfide) groups is 1. The van der Waals surface area contributed by atoms with Crippen LogP contribution in [0.4, 0.5) is 10.5 Å². The molecule has 0 aliphatic heterocycles. The van der Waals surface area contributed by atoms with Gasteiger partial charge in [0.2, 0.25) is 5.91 Å². The van der Waals surface area contributed by atoms with Gasteiger partial charge >= 0.3 is 6.09 Å². The number of alkyl carbamates (subject to hydrolysis) is 1. The molecule has 2 aromatic rings. The maximum absolute atomic E-state index is 14.6. The average molecular weight is 586 g/mol. The molecule has 41 heavy (non-hydrogen) atoms. The first kappa shape index (κ1) is 34.0. The SMILES string of the molecule is CCC(C)(C)N(C(=O)C(CCSC)NC(=O)OC(C)(C)C)C(C(=O)Nc1ccc(OC)cc1)c1cc(C)ccc1C. The molecule has 0 fully saturated rings. The van der Waals surface area contributed by atoms with Crippen LogP contribution in [0.1, 0.15) is 77.1 Å². The molecule has 0 spiro atoms. The highest BCUT2D eigenvalue weighted by Crippen LogP contribution is 2.35. The van der Waals surface area contributed by atoms with Crippen LogP contribution in [0.15, 0.2) is 42.5 Å². The van der Waals surface area contributed by atoms with Crippen LogP contribution < -0.4 is 15.4 Å². The summed E-state index contributed by atoms with van der Waals surface area (Å²) >= 11 is 1.58. The Balaban J connectivity index is 2.66. The Labute approximate surface area is 249 Å². The lowest BCUT2D eigenvalue weighted by Crippen LogP contribution is -2.59. The van der Waals surface area contributed by atoms with Gasteiger partial charge in [0.25, 0.3) is 5.91 Å². The first-order valence-electron chi connectivity index (χ1n) is 14.0. The molecule has 2 unspecified atom stereocenters. The van der Waals surface area contributed by atoms with Crippen LogP contribution in [0.3, 0.4) is 0 Å². The van der Waals surface area contributed by atoms with Gasteiger partial charge in [-0.15, -0.1) is 0 Å². The summed E-state index contributed by atoms with van der Waals surface area (Å²) in [4.78, 5) is 43.3. The number of rotatable bonds is 12. The number of ether oxygens (including phenoxy) is 2. The highest BCUT2D eigenvalue weighted by Gasteiger charge is 2.43. The van der Waals surface area contributed by atoms with E-state index in [1.54, 1.807) is 68.8 Å². The van der Waals surface area contributed by atoms with Crippen LogP contribution in [0.5, 0.6) is 5.75 Å². The molecular formula is C32H47N3O5S. The minimum atomic E-state index is -0.961. The molecule has 0 radical (unpaired) electrons. The number of benzene rings is 2. The van der Waals surface area contributed by atoms with Gasteiger partial charge in [-0.2, -0.15) is 11.8 Å². The van der Waals surface area contributed by atoms with Crippen LogP contribution in [0.2, 0.25) is 0 Å². The largest absolute Gasteiger partial charge is 0.497 e. The number of anilines is 1. The van der Waals surface area contributed by atoms with Gasteiger partial charge in [0, 0.05) is 11.2 Å². The summed E-state index contributed by atoms with van der Waals surface area (Å²) in [6.45, 7) is 15.1. The fraction of sp³-hybridized carbons (Fsp3) is 0.531. The highest BCUT2D eigenvalue weighted by atomic mass is 32.2. The summed E-state index contributed by atoms with van der Waals surface area (Å²) in [5.74, 6) is 0.619. The number of nitrogens with zero attached hydrogens (tertiary/aromatic N) is 1. The highest BCUT2D eigenvalue weighted by molar-refractivity contribution is 7.98. The molecule has 8 nitrogen and oxygen atoms in total. The summed E-state index contributed by atoms with van der Waals surface area (Å²) < 4.78 is 10.8. The zero-order valence-corrected chi connectivity index (χ0v) is 27.0. The Morgan fingerprint density at radius 1 is 1.00 bits per heavy atom. The van der Waals surface area contributed by atoms with Crippen LogP contribution in [-0.2, 0) is 14.3 Å². The zero-order valence-electron chi connectivity index (χ0n) is 26.2. The Morgan fingerprint density at radius 3 is 2.17 bits per heavy atom. The molecule has 0 bridgehead atoms. The van der Waals surface area contributed by atoms with Crippen molar-refractivity contribution in [3.05, 3.63) is 59.2 Å². The lowest BCUT2D eigenvalue weighted by Gasteiger charge is -2.45. The van der Waals surface area contributed by atoms with Crippen molar-refractivity contribution in [3.63, 3.8) is 0 Å². The molecule has 2 rings (SSSR count). The van der Waals surface area contributed by atoms with Crippen molar-refractivity contribution in [2.24, 2.45) is 0 Å². The Morgan fingerprint density at radius 2 is 1.63 bits per heavy atom.